The van der Waals surface area contributed by atoms with Gasteiger partial charge in [0.15, 0.2) is 0 Å². The Balaban J connectivity index is 1.71. The molecule has 2 aromatic carbocycles. The van der Waals surface area contributed by atoms with E-state index in [1.165, 1.54) is 23.1 Å². The van der Waals surface area contributed by atoms with Gasteiger partial charge in [0.05, 0.1) is 23.8 Å². The highest BCUT2D eigenvalue weighted by molar-refractivity contribution is 6.03. The summed E-state index contributed by atoms with van der Waals surface area (Å²) < 4.78 is 44.6. The molecule has 2 aromatic rings. The molecule has 0 radical (unpaired) electrons. The third-order valence-corrected chi connectivity index (χ3v) is 4.45. The maximum atomic E-state index is 13.1. The van der Waals surface area contributed by atoms with Crippen molar-refractivity contribution >= 4 is 23.2 Å². The lowest BCUT2D eigenvalue weighted by Gasteiger charge is -2.18. The number of rotatable bonds is 5. The lowest BCUT2D eigenvalue weighted by molar-refractivity contribution is -0.137. The summed E-state index contributed by atoms with van der Waals surface area (Å²) in [6.45, 7) is 2.48. The second-order valence-corrected chi connectivity index (χ2v) is 6.36. The number of hydrogen-bond donors (Lipinski definition) is 1. The summed E-state index contributed by atoms with van der Waals surface area (Å²) in [4.78, 5) is 26.2. The first-order chi connectivity index (χ1) is 13.3. The standard InChI is InChI=1S/C20H19F3N2O3/c1-2-28-15-9-7-14(8-10-15)25-12-13(11-18(25)26)19(27)24-17-6-4-3-5-16(17)20(21,22)23/h3-10,13H,2,11-12H2,1H3,(H,24,27)/t13-/m1/s1. The predicted octanol–water partition coefficient (Wildman–Crippen LogP) is 4.10. The molecule has 1 aliphatic heterocycles. The smallest absolute Gasteiger partial charge is 0.418 e. The van der Waals surface area contributed by atoms with E-state index in [4.69, 9.17) is 4.74 Å². The minimum Gasteiger partial charge on any atom is -0.494 e. The summed E-state index contributed by atoms with van der Waals surface area (Å²) in [7, 11) is 0. The molecule has 0 spiro atoms. The Labute approximate surface area is 160 Å². The quantitative estimate of drug-likeness (QED) is 0.834. The molecule has 1 heterocycles. The molecule has 1 saturated heterocycles. The van der Waals surface area contributed by atoms with Gasteiger partial charge in [0.25, 0.3) is 0 Å². The number of anilines is 2. The van der Waals surface area contributed by atoms with E-state index < -0.39 is 23.6 Å². The zero-order valence-corrected chi connectivity index (χ0v) is 15.1. The van der Waals surface area contributed by atoms with Gasteiger partial charge in [-0.15, -0.1) is 0 Å². The van der Waals surface area contributed by atoms with E-state index in [9.17, 15) is 22.8 Å². The predicted molar refractivity (Wildman–Crippen MR) is 98.1 cm³/mol. The third kappa shape index (κ3) is 4.27. The molecule has 0 aromatic heterocycles. The number of ether oxygens (including phenoxy) is 1. The van der Waals surface area contributed by atoms with Gasteiger partial charge in [-0.1, -0.05) is 12.1 Å². The zero-order chi connectivity index (χ0) is 20.3. The first-order valence-corrected chi connectivity index (χ1v) is 8.80. The second kappa shape index (κ2) is 7.92. The van der Waals surface area contributed by atoms with Crippen LogP contribution in [0.15, 0.2) is 48.5 Å². The van der Waals surface area contributed by atoms with E-state index in [0.29, 0.717) is 18.0 Å². The molecule has 0 unspecified atom stereocenters. The Bertz CT molecular complexity index is 866. The van der Waals surface area contributed by atoms with Crippen LogP contribution in [-0.4, -0.2) is 25.0 Å². The van der Waals surface area contributed by atoms with Crippen LogP contribution in [0.25, 0.3) is 0 Å². The van der Waals surface area contributed by atoms with Crippen molar-refractivity contribution < 1.29 is 27.5 Å². The Morgan fingerprint density at radius 3 is 2.50 bits per heavy atom. The van der Waals surface area contributed by atoms with Gasteiger partial charge in [-0.2, -0.15) is 13.2 Å². The molecule has 1 N–H and O–H groups in total. The Morgan fingerprint density at radius 1 is 1.18 bits per heavy atom. The Hall–Kier alpha value is -3.03. The van der Waals surface area contributed by atoms with E-state index in [0.717, 1.165) is 6.07 Å². The SMILES string of the molecule is CCOc1ccc(N2C[C@H](C(=O)Nc3ccccc3C(F)(F)F)CC2=O)cc1. The van der Waals surface area contributed by atoms with E-state index in [1.807, 2.05) is 6.92 Å². The molecule has 1 fully saturated rings. The summed E-state index contributed by atoms with van der Waals surface area (Å²) in [6.07, 6.45) is -4.64. The van der Waals surface area contributed by atoms with Crippen molar-refractivity contribution in [1.29, 1.82) is 0 Å². The molecule has 8 heteroatoms. The maximum absolute atomic E-state index is 13.1. The number of halogens is 3. The average molecular weight is 392 g/mol. The van der Waals surface area contributed by atoms with Crippen LogP contribution >= 0.6 is 0 Å². The highest BCUT2D eigenvalue weighted by Gasteiger charge is 2.37. The minimum absolute atomic E-state index is 0.0623. The Morgan fingerprint density at radius 2 is 1.86 bits per heavy atom. The Kier molecular flexibility index (Phi) is 5.58. The van der Waals surface area contributed by atoms with E-state index in [1.54, 1.807) is 24.3 Å². The summed E-state index contributed by atoms with van der Waals surface area (Å²) in [5, 5.41) is 2.32. The number of hydrogen-bond acceptors (Lipinski definition) is 3. The van der Waals surface area contributed by atoms with Gasteiger partial charge < -0.3 is 15.0 Å². The van der Waals surface area contributed by atoms with Gasteiger partial charge in [0.1, 0.15) is 5.75 Å². The van der Waals surface area contributed by atoms with Gasteiger partial charge in [-0.3, -0.25) is 9.59 Å². The number of carbonyl (C=O) groups is 2. The average Bonchev–Trinajstić information content (AvgIpc) is 3.04. The van der Waals surface area contributed by atoms with Gasteiger partial charge in [0, 0.05) is 18.7 Å². The maximum Gasteiger partial charge on any atom is 0.418 e. The number of nitrogens with one attached hydrogen (secondary N) is 1. The molecule has 2 amide bonds. The first-order valence-electron chi connectivity index (χ1n) is 8.80. The summed E-state index contributed by atoms with van der Waals surface area (Å²) in [6, 6.07) is 11.6. The molecular weight excluding hydrogens is 373 g/mol. The summed E-state index contributed by atoms with van der Waals surface area (Å²) >= 11 is 0. The molecule has 0 bridgehead atoms. The fourth-order valence-electron chi connectivity index (χ4n) is 3.10. The van der Waals surface area contributed by atoms with Crippen molar-refractivity contribution in [3.8, 4) is 5.75 Å². The van der Waals surface area contributed by atoms with Crippen molar-refractivity contribution in [3.05, 3.63) is 54.1 Å². The van der Waals surface area contributed by atoms with Crippen LogP contribution in [0, 0.1) is 5.92 Å². The van der Waals surface area contributed by atoms with Crippen molar-refractivity contribution in [2.24, 2.45) is 5.92 Å². The molecule has 28 heavy (non-hydrogen) atoms. The van der Waals surface area contributed by atoms with Crippen molar-refractivity contribution in [1.82, 2.24) is 0 Å². The van der Waals surface area contributed by atoms with Crippen LogP contribution in [0.4, 0.5) is 24.5 Å². The highest BCUT2D eigenvalue weighted by atomic mass is 19.4. The van der Waals surface area contributed by atoms with Gasteiger partial charge in [0.2, 0.25) is 11.8 Å². The van der Waals surface area contributed by atoms with Crippen LogP contribution in [0.3, 0.4) is 0 Å². The van der Waals surface area contributed by atoms with Gasteiger partial charge >= 0.3 is 6.18 Å². The largest absolute Gasteiger partial charge is 0.494 e. The molecule has 0 aliphatic carbocycles. The van der Waals surface area contributed by atoms with Gasteiger partial charge in [-0.05, 0) is 43.3 Å². The minimum atomic E-state index is -4.58. The monoisotopic (exact) mass is 392 g/mol. The molecule has 0 saturated carbocycles. The lowest BCUT2D eigenvalue weighted by atomic mass is 10.1. The number of nitrogens with zero attached hydrogens (tertiary/aromatic N) is 1. The van der Waals surface area contributed by atoms with Crippen LogP contribution in [0.1, 0.15) is 18.9 Å². The zero-order valence-electron chi connectivity index (χ0n) is 15.1. The highest BCUT2D eigenvalue weighted by Crippen LogP contribution is 2.35. The van der Waals surface area contributed by atoms with Crippen molar-refractivity contribution in [3.63, 3.8) is 0 Å². The van der Waals surface area contributed by atoms with Crippen molar-refractivity contribution in [2.45, 2.75) is 19.5 Å². The topological polar surface area (TPSA) is 58.6 Å². The van der Waals surface area contributed by atoms with Crippen LogP contribution in [0.2, 0.25) is 0 Å². The number of alkyl halides is 3. The third-order valence-electron chi connectivity index (χ3n) is 4.45. The van der Waals surface area contributed by atoms with Crippen LogP contribution in [-0.2, 0) is 15.8 Å². The molecule has 1 atom stereocenters. The van der Waals surface area contributed by atoms with Gasteiger partial charge in [-0.25, -0.2) is 0 Å². The molecular formula is C20H19F3N2O3. The molecule has 148 valence electrons. The number of amides is 2. The normalized spacial score (nSPS) is 16.9. The first kappa shape index (κ1) is 19.7. The molecule has 5 nitrogen and oxygen atoms in total. The van der Waals surface area contributed by atoms with Crippen LogP contribution < -0.4 is 15.0 Å². The van der Waals surface area contributed by atoms with Crippen molar-refractivity contribution in [2.75, 3.05) is 23.4 Å². The van der Waals surface area contributed by atoms with Crippen LogP contribution in [0.5, 0.6) is 5.75 Å². The second-order valence-electron chi connectivity index (χ2n) is 6.36. The number of benzene rings is 2. The molecule has 1 aliphatic rings. The fourth-order valence-corrected chi connectivity index (χ4v) is 3.10. The van der Waals surface area contributed by atoms with E-state index in [2.05, 4.69) is 5.32 Å². The summed E-state index contributed by atoms with van der Waals surface area (Å²) in [5.74, 6) is -0.941. The molecule has 3 rings (SSSR count). The van der Waals surface area contributed by atoms with E-state index in [-0.39, 0.29) is 24.6 Å². The lowest BCUT2D eigenvalue weighted by Crippen LogP contribution is -2.28. The number of carbonyl (C=O) groups excluding carboxylic acids is 2. The fraction of sp³-hybridized carbons (Fsp3) is 0.300. The van der Waals surface area contributed by atoms with E-state index >= 15 is 0 Å². The summed E-state index contributed by atoms with van der Waals surface area (Å²) in [5.41, 5.74) is -0.623. The number of para-hydroxylation sites is 1.